The van der Waals surface area contributed by atoms with Crippen LogP contribution in [0.25, 0.3) is 0 Å². The molecule has 6 heteroatoms. The highest BCUT2D eigenvalue weighted by Gasteiger charge is 2.35. The van der Waals surface area contributed by atoms with E-state index >= 15 is 0 Å². The van der Waals surface area contributed by atoms with Crippen molar-refractivity contribution >= 4 is 15.9 Å². The summed E-state index contributed by atoms with van der Waals surface area (Å²) in [5.41, 5.74) is -0.644. The first-order valence-corrected chi connectivity index (χ1v) is 8.13. The third-order valence-electron chi connectivity index (χ3n) is 2.40. The summed E-state index contributed by atoms with van der Waals surface area (Å²) in [4.78, 5) is 3.84. The number of aryl methyl sites for hydroxylation is 1. The first kappa shape index (κ1) is 21.4. The van der Waals surface area contributed by atoms with E-state index in [1.54, 1.807) is 24.3 Å². The Balaban J connectivity index is 0.00000112. The van der Waals surface area contributed by atoms with Crippen molar-refractivity contribution in [3.8, 4) is 11.5 Å². The van der Waals surface area contributed by atoms with Crippen LogP contribution in [0.4, 0.5) is 13.2 Å². The molecule has 1 aromatic carbocycles. The SMILES string of the molecule is CC.CC.Cc1nccc(C(F)(F)F)c1Oc1cccc(Br)c1. The van der Waals surface area contributed by atoms with Gasteiger partial charge >= 0.3 is 6.18 Å². The van der Waals surface area contributed by atoms with Gasteiger partial charge in [0.05, 0.1) is 5.69 Å². The Morgan fingerprint density at radius 2 is 1.65 bits per heavy atom. The van der Waals surface area contributed by atoms with Crippen molar-refractivity contribution in [1.82, 2.24) is 4.98 Å². The molecule has 0 aliphatic heterocycles. The molecule has 0 spiro atoms. The summed E-state index contributed by atoms with van der Waals surface area (Å²) in [6.07, 6.45) is -3.36. The van der Waals surface area contributed by atoms with Gasteiger partial charge in [-0.1, -0.05) is 49.7 Å². The van der Waals surface area contributed by atoms with E-state index in [1.165, 1.54) is 6.92 Å². The monoisotopic (exact) mass is 391 g/mol. The van der Waals surface area contributed by atoms with Crippen LogP contribution in [0.1, 0.15) is 39.0 Å². The van der Waals surface area contributed by atoms with Crippen LogP contribution < -0.4 is 4.74 Å². The van der Waals surface area contributed by atoms with E-state index < -0.39 is 11.7 Å². The first-order chi connectivity index (χ1) is 10.9. The number of alkyl halides is 3. The van der Waals surface area contributed by atoms with Crippen LogP contribution in [0.15, 0.2) is 41.0 Å². The van der Waals surface area contributed by atoms with Gasteiger partial charge in [0.1, 0.15) is 11.3 Å². The van der Waals surface area contributed by atoms with Crippen molar-refractivity contribution in [2.45, 2.75) is 40.8 Å². The Labute approximate surface area is 143 Å². The lowest BCUT2D eigenvalue weighted by Gasteiger charge is -2.15. The second kappa shape index (κ2) is 10.3. The van der Waals surface area contributed by atoms with Crippen LogP contribution in [0.5, 0.6) is 11.5 Å². The van der Waals surface area contributed by atoms with Gasteiger partial charge in [0, 0.05) is 10.7 Å². The molecule has 1 aromatic heterocycles. The molecule has 0 fully saturated rings. The molecule has 0 unspecified atom stereocenters. The van der Waals surface area contributed by atoms with Crippen molar-refractivity contribution in [2.24, 2.45) is 0 Å². The second-order valence-corrected chi connectivity index (χ2v) is 4.75. The molecule has 2 aromatic rings. The highest BCUT2D eigenvalue weighted by atomic mass is 79.9. The van der Waals surface area contributed by atoms with Gasteiger partial charge < -0.3 is 4.74 Å². The molecule has 128 valence electrons. The van der Waals surface area contributed by atoms with E-state index in [4.69, 9.17) is 4.74 Å². The third-order valence-corrected chi connectivity index (χ3v) is 2.90. The van der Waals surface area contributed by atoms with E-state index in [-0.39, 0.29) is 11.4 Å². The van der Waals surface area contributed by atoms with Crippen LogP contribution >= 0.6 is 15.9 Å². The fourth-order valence-corrected chi connectivity index (χ4v) is 1.93. The van der Waals surface area contributed by atoms with E-state index in [2.05, 4.69) is 20.9 Å². The molecule has 0 aliphatic carbocycles. The Bertz CT molecular complexity index is 601. The van der Waals surface area contributed by atoms with E-state index in [0.29, 0.717) is 5.75 Å². The van der Waals surface area contributed by atoms with E-state index in [0.717, 1.165) is 16.7 Å². The summed E-state index contributed by atoms with van der Waals surface area (Å²) in [5, 5.41) is 0. The van der Waals surface area contributed by atoms with Crippen molar-refractivity contribution in [2.75, 3.05) is 0 Å². The predicted octanol–water partition coefficient (Wildman–Crippen LogP) is 7.02. The van der Waals surface area contributed by atoms with Gasteiger partial charge in [-0.25, -0.2) is 0 Å². The zero-order valence-corrected chi connectivity index (χ0v) is 15.4. The molecule has 0 aliphatic rings. The summed E-state index contributed by atoms with van der Waals surface area (Å²) in [7, 11) is 0. The minimum Gasteiger partial charge on any atom is -0.455 e. The minimum atomic E-state index is -4.48. The smallest absolute Gasteiger partial charge is 0.420 e. The van der Waals surface area contributed by atoms with Crippen LogP contribution in [0.3, 0.4) is 0 Å². The Kier molecular flexibility index (Phi) is 9.56. The predicted molar refractivity (Wildman–Crippen MR) is 90.9 cm³/mol. The van der Waals surface area contributed by atoms with Crippen molar-refractivity contribution in [3.05, 3.63) is 52.3 Å². The lowest BCUT2D eigenvalue weighted by Crippen LogP contribution is -2.08. The molecule has 0 bridgehead atoms. The number of rotatable bonds is 2. The van der Waals surface area contributed by atoms with Gasteiger partial charge in [0.15, 0.2) is 5.75 Å². The summed E-state index contributed by atoms with van der Waals surface area (Å²) >= 11 is 3.23. The quantitative estimate of drug-likeness (QED) is 0.548. The van der Waals surface area contributed by atoms with Gasteiger partial charge in [0.25, 0.3) is 0 Å². The summed E-state index contributed by atoms with van der Waals surface area (Å²) in [6, 6.07) is 7.51. The fraction of sp³-hybridized carbons (Fsp3) is 0.353. The molecule has 0 N–H and O–H groups in total. The number of hydrogen-bond donors (Lipinski definition) is 0. The number of aromatic nitrogens is 1. The van der Waals surface area contributed by atoms with Gasteiger partial charge in [-0.2, -0.15) is 13.2 Å². The number of hydrogen-bond acceptors (Lipinski definition) is 2. The largest absolute Gasteiger partial charge is 0.455 e. The number of ether oxygens (including phenoxy) is 1. The lowest BCUT2D eigenvalue weighted by atomic mass is 10.2. The van der Waals surface area contributed by atoms with E-state index in [9.17, 15) is 13.2 Å². The van der Waals surface area contributed by atoms with Gasteiger partial charge in [-0.3, -0.25) is 4.98 Å². The number of benzene rings is 1. The van der Waals surface area contributed by atoms with Gasteiger partial charge in [-0.15, -0.1) is 0 Å². The van der Waals surface area contributed by atoms with Crippen molar-refractivity contribution in [3.63, 3.8) is 0 Å². The van der Waals surface area contributed by atoms with Crippen LogP contribution in [0, 0.1) is 6.92 Å². The summed E-state index contributed by atoms with van der Waals surface area (Å²) in [5.74, 6) is 0.0454. The zero-order valence-electron chi connectivity index (χ0n) is 13.8. The average Bonchev–Trinajstić information content (AvgIpc) is 2.52. The average molecular weight is 392 g/mol. The summed E-state index contributed by atoms with van der Waals surface area (Å²) < 4.78 is 44.7. The topological polar surface area (TPSA) is 22.1 Å². The van der Waals surface area contributed by atoms with Crippen molar-refractivity contribution < 1.29 is 17.9 Å². The van der Waals surface area contributed by atoms with Crippen LogP contribution in [-0.4, -0.2) is 4.98 Å². The minimum absolute atomic E-state index is 0.190. The zero-order chi connectivity index (χ0) is 18.0. The molecule has 0 saturated carbocycles. The number of nitrogens with zero attached hydrogens (tertiary/aromatic N) is 1. The molecule has 2 nitrogen and oxygen atoms in total. The molecule has 1 heterocycles. The number of halogens is 4. The first-order valence-electron chi connectivity index (χ1n) is 7.34. The maximum atomic E-state index is 12.9. The van der Waals surface area contributed by atoms with Crippen LogP contribution in [-0.2, 0) is 6.18 Å². The van der Waals surface area contributed by atoms with Crippen molar-refractivity contribution in [1.29, 1.82) is 0 Å². The second-order valence-electron chi connectivity index (χ2n) is 3.83. The Morgan fingerprint density at radius 1 is 1.04 bits per heavy atom. The molecule has 0 radical (unpaired) electrons. The molecule has 23 heavy (non-hydrogen) atoms. The van der Waals surface area contributed by atoms with Gasteiger partial charge in [0.2, 0.25) is 0 Å². The molecular formula is C17H21BrF3NO. The Hall–Kier alpha value is -1.56. The Morgan fingerprint density at radius 3 is 2.17 bits per heavy atom. The molecular weight excluding hydrogens is 371 g/mol. The number of pyridine rings is 1. The maximum absolute atomic E-state index is 12.9. The third kappa shape index (κ3) is 6.60. The van der Waals surface area contributed by atoms with Gasteiger partial charge in [-0.05, 0) is 31.2 Å². The normalized spacial score (nSPS) is 9.96. The fourth-order valence-electron chi connectivity index (χ4n) is 1.55. The van der Waals surface area contributed by atoms with Crippen LogP contribution in [0.2, 0.25) is 0 Å². The highest BCUT2D eigenvalue weighted by molar-refractivity contribution is 9.10. The molecule has 0 saturated heterocycles. The lowest BCUT2D eigenvalue weighted by molar-refractivity contribution is -0.138. The molecule has 2 rings (SSSR count). The summed E-state index contributed by atoms with van der Waals surface area (Å²) in [6.45, 7) is 9.47. The molecule has 0 amide bonds. The molecule has 0 atom stereocenters. The maximum Gasteiger partial charge on any atom is 0.420 e. The van der Waals surface area contributed by atoms with E-state index in [1.807, 2.05) is 27.7 Å². The standard InChI is InChI=1S/C13H9BrF3NO.2C2H6/c1-8-12(11(5-6-18-8)13(15,16)17)19-10-4-2-3-9(14)7-10;2*1-2/h2-7H,1H3;2*1-2H3. The highest BCUT2D eigenvalue weighted by Crippen LogP contribution is 2.39.